The monoisotopic (exact) mass is 283 g/mol. The maximum atomic E-state index is 13.0. The number of carbonyl (C=O) groups excluding carboxylic acids is 1. The first-order valence-electron chi connectivity index (χ1n) is 6.31. The van der Waals surface area contributed by atoms with Crippen molar-refractivity contribution >= 4 is 5.91 Å². The Kier molecular flexibility index (Phi) is 6.53. The molecular formula is C11H20F3N3O2. The molecule has 0 aliphatic carbocycles. The van der Waals surface area contributed by atoms with Crippen LogP contribution in [0.15, 0.2) is 0 Å². The third-order valence-corrected chi connectivity index (χ3v) is 2.90. The Morgan fingerprint density at radius 2 is 2.05 bits per heavy atom. The van der Waals surface area contributed by atoms with Crippen LogP contribution in [-0.4, -0.2) is 69.0 Å². The molecule has 0 aromatic heterocycles. The third-order valence-electron chi connectivity index (χ3n) is 2.90. The van der Waals surface area contributed by atoms with Crippen molar-refractivity contribution in [2.24, 2.45) is 0 Å². The first-order chi connectivity index (χ1) is 8.95. The van der Waals surface area contributed by atoms with Crippen molar-refractivity contribution in [1.82, 2.24) is 15.5 Å². The van der Waals surface area contributed by atoms with Crippen molar-refractivity contribution < 1.29 is 22.7 Å². The zero-order chi connectivity index (χ0) is 14.3. The minimum atomic E-state index is -4.35. The normalized spacial score (nSPS) is 19.2. The first kappa shape index (κ1) is 16.2. The smallest absolute Gasteiger partial charge is 0.372 e. The van der Waals surface area contributed by atoms with E-state index in [1.807, 2.05) is 0 Å². The Hall–Kier alpha value is -0.860. The SMILES string of the molecule is CCOCC(=O)NCC(N1CCNCC1)C(F)(F)F. The molecule has 0 aromatic carbocycles. The van der Waals surface area contributed by atoms with Gasteiger partial charge in [0.1, 0.15) is 12.6 Å². The number of carbonyl (C=O) groups is 1. The summed E-state index contributed by atoms with van der Waals surface area (Å²) in [7, 11) is 0. The highest BCUT2D eigenvalue weighted by Crippen LogP contribution is 2.24. The number of hydrogen-bond donors (Lipinski definition) is 2. The maximum absolute atomic E-state index is 13.0. The molecule has 0 spiro atoms. The summed E-state index contributed by atoms with van der Waals surface area (Å²) in [5.41, 5.74) is 0. The molecule has 1 atom stereocenters. The van der Waals surface area contributed by atoms with Crippen LogP contribution in [0.5, 0.6) is 0 Å². The molecule has 0 aromatic rings. The number of hydrogen-bond acceptors (Lipinski definition) is 4. The Bertz CT molecular complexity index is 281. The largest absolute Gasteiger partial charge is 0.405 e. The van der Waals surface area contributed by atoms with Crippen molar-refractivity contribution in [3.05, 3.63) is 0 Å². The molecule has 5 nitrogen and oxygen atoms in total. The minimum absolute atomic E-state index is 0.206. The molecule has 1 fully saturated rings. The van der Waals surface area contributed by atoms with Crippen molar-refractivity contribution in [1.29, 1.82) is 0 Å². The van der Waals surface area contributed by atoms with Crippen molar-refractivity contribution in [2.75, 3.05) is 45.9 Å². The predicted octanol–water partition coefficient (Wildman–Crippen LogP) is -0.0248. The zero-order valence-corrected chi connectivity index (χ0v) is 10.9. The molecule has 1 heterocycles. The molecule has 0 radical (unpaired) electrons. The van der Waals surface area contributed by atoms with Gasteiger partial charge in [0.05, 0.1) is 0 Å². The molecule has 1 aliphatic rings. The molecular weight excluding hydrogens is 263 g/mol. The summed E-state index contributed by atoms with van der Waals surface area (Å²) in [6.45, 7) is 3.13. The van der Waals surface area contributed by atoms with E-state index in [4.69, 9.17) is 4.74 Å². The second-order valence-electron chi connectivity index (χ2n) is 4.28. The van der Waals surface area contributed by atoms with E-state index in [1.165, 1.54) is 4.90 Å². The molecule has 1 saturated heterocycles. The summed E-state index contributed by atoms with van der Waals surface area (Å²) < 4.78 is 43.7. The second kappa shape index (κ2) is 7.66. The lowest BCUT2D eigenvalue weighted by atomic mass is 10.2. The summed E-state index contributed by atoms with van der Waals surface area (Å²) in [6, 6.07) is -1.64. The lowest BCUT2D eigenvalue weighted by Crippen LogP contribution is -2.57. The van der Waals surface area contributed by atoms with Gasteiger partial charge in [0.2, 0.25) is 5.91 Å². The lowest BCUT2D eigenvalue weighted by Gasteiger charge is -2.35. The molecule has 1 amide bonds. The molecule has 1 rings (SSSR count). The molecule has 0 saturated carbocycles. The highest BCUT2D eigenvalue weighted by atomic mass is 19.4. The topological polar surface area (TPSA) is 53.6 Å². The quantitative estimate of drug-likeness (QED) is 0.719. The number of nitrogens with one attached hydrogen (secondary N) is 2. The molecule has 0 bridgehead atoms. The number of rotatable bonds is 6. The fourth-order valence-corrected chi connectivity index (χ4v) is 1.90. The average Bonchev–Trinajstić information content (AvgIpc) is 2.36. The van der Waals surface area contributed by atoms with Crippen molar-refractivity contribution in [3.8, 4) is 0 Å². The fourth-order valence-electron chi connectivity index (χ4n) is 1.90. The highest BCUT2D eigenvalue weighted by Gasteiger charge is 2.43. The van der Waals surface area contributed by atoms with Gasteiger partial charge in [0, 0.05) is 39.3 Å². The van der Waals surface area contributed by atoms with Crippen molar-refractivity contribution in [3.63, 3.8) is 0 Å². The maximum Gasteiger partial charge on any atom is 0.405 e. The molecule has 1 unspecified atom stereocenters. The number of amides is 1. The zero-order valence-electron chi connectivity index (χ0n) is 10.9. The Morgan fingerprint density at radius 1 is 1.42 bits per heavy atom. The van der Waals surface area contributed by atoms with Crippen LogP contribution < -0.4 is 10.6 Å². The second-order valence-corrected chi connectivity index (χ2v) is 4.28. The molecule has 1 aliphatic heterocycles. The van der Waals surface area contributed by atoms with Gasteiger partial charge in [-0.1, -0.05) is 0 Å². The molecule has 8 heteroatoms. The highest BCUT2D eigenvalue weighted by molar-refractivity contribution is 5.77. The Labute approximate surface area is 110 Å². The van der Waals surface area contributed by atoms with Gasteiger partial charge in [-0.2, -0.15) is 13.2 Å². The summed E-state index contributed by atoms with van der Waals surface area (Å²) >= 11 is 0. The number of halogens is 3. The van der Waals surface area contributed by atoms with Gasteiger partial charge in [0.15, 0.2) is 0 Å². The van der Waals surface area contributed by atoms with Crippen LogP contribution in [0.3, 0.4) is 0 Å². The van der Waals surface area contributed by atoms with Gasteiger partial charge < -0.3 is 15.4 Å². The van der Waals surface area contributed by atoms with E-state index in [9.17, 15) is 18.0 Å². The summed E-state index contributed by atoms with van der Waals surface area (Å²) in [6.07, 6.45) is -4.35. The number of nitrogens with zero attached hydrogens (tertiary/aromatic N) is 1. The van der Waals surface area contributed by atoms with Gasteiger partial charge in [-0.15, -0.1) is 0 Å². The fraction of sp³-hybridized carbons (Fsp3) is 0.909. The van der Waals surface area contributed by atoms with Crippen LogP contribution in [0, 0.1) is 0 Å². The van der Waals surface area contributed by atoms with Crippen LogP contribution in [0.1, 0.15) is 6.92 Å². The molecule has 19 heavy (non-hydrogen) atoms. The summed E-state index contributed by atoms with van der Waals surface area (Å²) in [4.78, 5) is 12.6. The van der Waals surface area contributed by atoms with E-state index in [-0.39, 0.29) is 6.61 Å². The van der Waals surface area contributed by atoms with Crippen LogP contribution in [-0.2, 0) is 9.53 Å². The Morgan fingerprint density at radius 3 is 2.58 bits per heavy atom. The van der Waals surface area contributed by atoms with Crippen LogP contribution in [0.4, 0.5) is 13.2 Å². The molecule has 112 valence electrons. The van der Waals surface area contributed by atoms with Gasteiger partial charge in [-0.3, -0.25) is 9.69 Å². The number of ether oxygens (including phenoxy) is 1. The third kappa shape index (κ3) is 5.75. The minimum Gasteiger partial charge on any atom is -0.372 e. The Balaban J connectivity index is 2.48. The van der Waals surface area contributed by atoms with Gasteiger partial charge >= 0.3 is 6.18 Å². The van der Waals surface area contributed by atoms with Gasteiger partial charge in [0.25, 0.3) is 0 Å². The van der Waals surface area contributed by atoms with E-state index in [0.29, 0.717) is 32.8 Å². The van der Waals surface area contributed by atoms with E-state index in [1.54, 1.807) is 6.92 Å². The van der Waals surface area contributed by atoms with E-state index in [2.05, 4.69) is 10.6 Å². The number of alkyl halides is 3. The summed E-state index contributed by atoms with van der Waals surface area (Å²) in [5.74, 6) is -0.522. The van der Waals surface area contributed by atoms with Gasteiger partial charge in [-0.25, -0.2) is 0 Å². The van der Waals surface area contributed by atoms with Crippen LogP contribution in [0.25, 0.3) is 0 Å². The molecule has 2 N–H and O–H groups in total. The summed E-state index contributed by atoms with van der Waals surface area (Å²) in [5, 5.41) is 5.27. The van der Waals surface area contributed by atoms with E-state index in [0.717, 1.165) is 0 Å². The van der Waals surface area contributed by atoms with Crippen LogP contribution in [0.2, 0.25) is 0 Å². The first-order valence-corrected chi connectivity index (χ1v) is 6.31. The van der Waals surface area contributed by atoms with Crippen LogP contribution >= 0.6 is 0 Å². The lowest BCUT2D eigenvalue weighted by molar-refractivity contribution is -0.184. The average molecular weight is 283 g/mol. The van der Waals surface area contributed by atoms with E-state index >= 15 is 0 Å². The van der Waals surface area contributed by atoms with Crippen molar-refractivity contribution in [2.45, 2.75) is 19.1 Å². The standard InChI is InChI=1S/C11H20F3N3O2/c1-2-19-8-10(18)16-7-9(11(12,13)14)17-5-3-15-4-6-17/h9,15H,2-8H2,1H3,(H,16,18). The number of piperazine rings is 1. The van der Waals surface area contributed by atoms with Gasteiger partial charge in [-0.05, 0) is 6.92 Å². The predicted molar refractivity (Wildman–Crippen MR) is 63.8 cm³/mol. The van der Waals surface area contributed by atoms with E-state index < -0.39 is 24.7 Å².